The van der Waals surface area contributed by atoms with Gasteiger partial charge in [-0.1, -0.05) is 29.4 Å². The first-order chi connectivity index (χ1) is 13.1. The van der Waals surface area contributed by atoms with Gasteiger partial charge in [-0.3, -0.25) is 10.2 Å². The first kappa shape index (κ1) is 16.8. The summed E-state index contributed by atoms with van der Waals surface area (Å²) in [7, 11) is 0. The van der Waals surface area contributed by atoms with Gasteiger partial charge in [-0.15, -0.1) is 0 Å². The second-order valence-corrected chi connectivity index (χ2v) is 6.13. The fourth-order valence-electron chi connectivity index (χ4n) is 2.86. The van der Waals surface area contributed by atoms with Crippen molar-refractivity contribution in [1.82, 2.24) is 14.8 Å². The van der Waals surface area contributed by atoms with Crippen molar-refractivity contribution >= 4 is 16.9 Å². The van der Waals surface area contributed by atoms with Gasteiger partial charge < -0.3 is 9.26 Å². The molecule has 0 atom stereocenters. The average molecular weight is 362 g/mol. The van der Waals surface area contributed by atoms with E-state index in [1.165, 1.54) is 0 Å². The molecule has 1 N–H and O–H groups in total. The SMILES string of the molecule is Cc1noc(C)c1COc1ccccc1C(=O)Nn1cnc2ccccc21. The van der Waals surface area contributed by atoms with Crippen LogP contribution < -0.4 is 10.2 Å². The van der Waals surface area contributed by atoms with Crippen LogP contribution in [0.4, 0.5) is 0 Å². The van der Waals surface area contributed by atoms with Crippen molar-refractivity contribution in [2.45, 2.75) is 20.5 Å². The van der Waals surface area contributed by atoms with E-state index in [-0.39, 0.29) is 12.5 Å². The van der Waals surface area contributed by atoms with Crippen LogP contribution in [0.2, 0.25) is 0 Å². The van der Waals surface area contributed by atoms with E-state index >= 15 is 0 Å². The van der Waals surface area contributed by atoms with E-state index in [9.17, 15) is 4.79 Å². The van der Waals surface area contributed by atoms with Gasteiger partial charge in [0.05, 0.1) is 27.9 Å². The molecule has 0 saturated heterocycles. The summed E-state index contributed by atoms with van der Waals surface area (Å²) in [5.41, 5.74) is 6.56. The van der Waals surface area contributed by atoms with E-state index in [1.807, 2.05) is 44.2 Å². The molecule has 2 aromatic heterocycles. The van der Waals surface area contributed by atoms with Crippen LogP contribution in [0, 0.1) is 13.8 Å². The Hall–Kier alpha value is -3.61. The molecule has 27 heavy (non-hydrogen) atoms. The predicted molar refractivity (Wildman–Crippen MR) is 100 cm³/mol. The van der Waals surface area contributed by atoms with Crippen LogP contribution in [0.3, 0.4) is 0 Å². The van der Waals surface area contributed by atoms with Crippen LogP contribution in [0.1, 0.15) is 27.4 Å². The third-order valence-corrected chi connectivity index (χ3v) is 4.36. The van der Waals surface area contributed by atoms with E-state index in [1.54, 1.807) is 29.2 Å². The number of nitrogens with zero attached hydrogens (tertiary/aromatic N) is 3. The first-order valence-electron chi connectivity index (χ1n) is 8.50. The Labute approximate surface area is 155 Å². The number of carbonyl (C=O) groups excluding carboxylic acids is 1. The molecule has 0 bridgehead atoms. The molecule has 7 heteroatoms. The molecule has 7 nitrogen and oxygen atoms in total. The van der Waals surface area contributed by atoms with Crippen LogP contribution in [0.15, 0.2) is 59.4 Å². The van der Waals surface area contributed by atoms with Gasteiger partial charge in [0, 0.05) is 0 Å². The first-order valence-corrected chi connectivity index (χ1v) is 8.50. The van der Waals surface area contributed by atoms with Crippen molar-refractivity contribution in [2.75, 3.05) is 5.43 Å². The fraction of sp³-hybridized carbons (Fsp3) is 0.150. The third-order valence-electron chi connectivity index (χ3n) is 4.36. The van der Waals surface area contributed by atoms with Crippen molar-refractivity contribution in [1.29, 1.82) is 0 Å². The Morgan fingerprint density at radius 2 is 1.93 bits per heavy atom. The quantitative estimate of drug-likeness (QED) is 0.586. The van der Waals surface area contributed by atoms with E-state index in [4.69, 9.17) is 9.26 Å². The molecule has 2 heterocycles. The average Bonchev–Trinajstić information content (AvgIpc) is 3.24. The maximum absolute atomic E-state index is 12.8. The number of fused-ring (bicyclic) bond motifs is 1. The Bertz CT molecular complexity index is 1090. The van der Waals surface area contributed by atoms with Crippen LogP contribution in [0.25, 0.3) is 11.0 Å². The number of ether oxygens (including phenoxy) is 1. The monoisotopic (exact) mass is 362 g/mol. The summed E-state index contributed by atoms with van der Waals surface area (Å²) in [6, 6.07) is 14.7. The molecule has 0 aliphatic rings. The minimum Gasteiger partial charge on any atom is -0.488 e. The van der Waals surface area contributed by atoms with Gasteiger partial charge in [-0.25, -0.2) is 9.66 Å². The molecule has 0 fully saturated rings. The number of amides is 1. The number of nitrogens with one attached hydrogen (secondary N) is 1. The van der Waals surface area contributed by atoms with Crippen LogP contribution >= 0.6 is 0 Å². The Kier molecular flexibility index (Phi) is 4.33. The number of imidazole rings is 1. The zero-order valence-corrected chi connectivity index (χ0v) is 15.0. The molecular weight excluding hydrogens is 344 g/mol. The molecule has 0 radical (unpaired) electrons. The van der Waals surface area contributed by atoms with Gasteiger partial charge in [0.25, 0.3) is 5.91 Å². The summed E-state index contributed by atoms with van der Waals surface area (Å²) in [5, 5.41) is 3.92. The van der Waals surface area contributed by atoms with Gasteiger partial charge in [-0.05, 0) is 38.1 Å². The van der Waals surface area contributed by atoms with Crippen molar-refractivity contribution in [3.63, 3.8) is 0 Å². The number of carbonyl (C=O) groups is 1. The lowest BCUT2D eigenvalue weighted by Crippen LogP contribution is -2.22. The number of aromatic nitrogens is 3. The van der Waals surface area contributed by atoms with Crippen LogP contribution in [-0.2, 0) is 6.61 Å². The lowest BCUT2D eigenvalue weighted by atomic mass is 10.2. The lowest BCUT2D eigenvalue weighted by Gasteiger charge is -2.12. The number of hydrogen-bond donors (Lipinski definition) is 1. The van der Waals surface area contributed by atoms with Crippen molar-refractivity contribution < 1.29 is 14.1 Å². The van der Waals surface area contributed by atoms with Gasteiger partial charge in [-0.2, -0.15) is 0 Å². The highest BCUT2D eigenvalue weighted by Gasteiger charge is 2.15. The van der Waals surface area contributed by atoms with Crippen molar-refractivity contribution in [3.05, 3.63) is 77.4 Å². The zero-order valence-electron chi connectivity index (χ0n) is 15.0. The molecule has 0 aliphatic heterocycles. The minimum atomic E-state index is -0.285. The van der Waals surface area contributed by atoms with E-state index < -0.39 is 0 Å². The summed E-state index contributed by atoms with van der Waals surface area (Å²) >= 11 is 0. The summed E-state index contributed by atoms with van der Waals surface area (Å²) in [4.78, 5) is 17.1. The molecule has 0 unspecified atom stereocenters. The van der Waals surface area contributed by atoms with Crippen molar-refractivity contribution in [2.24, 2.45) is 0 Å². The fourth-order valence-corrected chi connectivity index (χ4v) is 2.86. The Morgan fingerprint density at radius 3 is 2.74 bits per heavy atom. The highest BCUT2D eigenvalue weighted by Crippen LogP contribution is 2.22. The lowest BCUT2D eigenvalue weighted by molar-refractivity contribution is 0.100. The second-order valence-electron chi connectivity index (χ2n) is 6.13. The van der Waals surface area contributed by atoms with Gasteiger partial charge in [0.1, 0.15) is 24.4 Å². The molecule has 0 aliphatic carbocycles. The Balaban J connectivity index is 1.56. The van der Waals surface area contributed by atoms with Crippen LogP contribution in [-0.4, -0.2) is 20.7 Å². The number of aryl methyl sites for hydroxylation is 2. The van der Waals surface area contributed by atoms with Crippen LogP contribution in [0.5, 0.6) is 5.75 Å². The normalized spacial score (nSPS) is 10.9. The maximum atomic E-state index is 12.8. The zero-order chi connectivity index (χ0) is 18.8. The highest BCUT2D eigenvalue weighted by molar-refractivity contribution is 6.02. The standard InChI is InChI=1S/C20H18N4O3/c1-13-16(14(2)27-23-13)11-26-19-10-6-3-7-15(19)20(25)22-24-12-21-17-8-4-5-9-18(17)24/h3-10,12H,11H2,1-2H3,(H,22,25). The van der Waals surface area contributed by atoms with E-state index in [0.717, 1.165) is 22.3 Å². The largest absolute Gasteiger partial charge is 0.488 e. The summed E-state index contributed by atoms with van der Waals surface area (Å²) in [6.45, 7) is 3.97. The summed E-state index contributed by atoms with van der Waals surface area (Å²) in [5.74, 6) is 0.909. The summed E-state index contributed by atoms with van der Waals surface area (Å²) in [6.07, 6.45) is 1.58. The smallest absolute Gasteiger partial charge is 0.273 e. The van der Waals surface area contributed by atoms with Crippen molar-refractivity contribution in [3.8, 4) is 5.75 Å². The molecule has 1 amide bonds. The molecule has 2 aromatic carbocycles. The topological polar surface area (TPSA) is 82.2 Å². The van der Waals surface area contributed by atoms with Gasteiger partial charge in [0.2, 0.25) is 0 Å². The third kappa shape index (κ3) is 3.27. The summed E-state index contributed by atoms with van der Waals surface area (Å²) < 4.78 is 12.6. The maximum Gasteiger partial charge on any atom is 0.273 e. The number of benzene rings is 2. The molecule has 4 aromatic rings. The molecule has 4 rings (SSSR count). The molecule has 0 spiro atoms. The molecule has 0 saturated carbocycles. The number of hydrogen-bond acceptors (Lipinski definition) is 5. The molecular formula is C20H18N4O3. The predicted octanol–water partition coefficient (Wildman–Crippen LogP) is 3.60. The molecule has 136 valence electrons. The minimum absolute atomic E-state index is 0.277. The van der Waals surface area contributed by atoms with Gasteiger partial charge in [0.15, 0.2) is 0 Å². The number of rotatable bonds is 5. The second kappa shape index (κ2) is 6.95. The van der Waals surface area contributed by atoms with Gasteiger partial charge >= 0.3 is 0 Å². The Morgan fingerprint density at radius 1 is 1.15 bits per heavy atom. The van der Waals surface area contributed by atoms with E-state index in [0.29, 0.717) is 17.1 Å². The number of para-hydroxylation sites is 3. The van der Waals surface area contributed by atoms with E-state index in [2.05, 4.69) is 15.6 Å². The highest BCUT2D eigenvalue weighted by atomic mass is 16.5.